The van der Waals surface area contributed by atoms with Crippen molar-refractivity contribution in [2.75, 3.05) is 13.1 Å². The van der Waals surface area contributed by atoms with Gasteiger partial charge in [0.25, 0.3) is 11.8 Å². The fourth-order valence-electron chi connectivity index (χ4n) is 1.59. The molecule has 0 saturated heterocycles. The van der Waals surface area contributed by atoms with Gasteiger partial charge in [0.15, 0.2) is 5.76 Å². The van der Waals surface area contributed by atoms with Gasteiger partial charge in [0.05, 0.1) is 11.8 Å². The number of nitrogens with zero attached hydrogens (tertiary/aromatic N) is 1. The zero-order chi connectivity index (χ0) is 14.2. The Morgan fingerprint density at radius 2 is 1.90 bits per heavy atom. The molecule has 104 valence electrons. The fourth-order valence-corrected chi connectivity index (χ4v) is 1.59. The average molecular weight is 273 g/mol. The zero-order valence-corrected chi connectivity index (χ0v) is 10.8. The van der Waals surface area contributed by atoms with Crippen molar-refractivity contribution in [2.45, 2.75) is 6.42 Å². The van der Waals surface area contributed by atoms with E-state index in [0.29, 0.717) is 25.1 Å². The molecule has 0 unspecified atom stereocenters. The first-order valence-corrected chi connectivity index (χ1v) is 6.27. The maximum atomic E-state index is 11.7. The fraction of sp³-hybridized carbons (Fsp3) is 0.214. The Hall–Kier alpha value is -2.63. The van der Waals surface area contributed by atoms with Crippen LogP contribution in [-0.4, -0.2) is 29.9 Å². The summed E-state index contributed by atoms with van der Waals surface area (Å²) in [5, 5.41) is 5.46. The van der Waals surface area contributed by atoms with Crippen LogP contribution >= 0.6 is 0 Å². The largest absolute Gasteiger partial charge is 0.459 e. The highest BCUT2D eigenvalue weighted by Crippen LogP contribution is 1.99. The van der Waals surface area contributed by atoms with Crippen LogP contribution in [0.15, 0.2) is 47.3 Å². The molecule has 0 bridgehead atoms. The molecule has 0 saturated carbocycles. The SMILES string of the molecule is O=C(NCCCNC(=O)c1ccco1)c1cccnc1. The number of furan rings is 1. The van der Waals surface area contributed by atoms with Crippen molar-refractivity contribution in [1.29, 1.82) is 0 Å². The molecule has 2 aromatic heterocycles. The number of rotatable bonds is 6. The Morgan fingerprint density at radius 3 is 2.55 bits per heavy atom. The van der Waals surface area contributed by atoms with E-state index >= 15 is 0 Å². The number of hydrogen-bond acceptors (Lipinski definition) is 4. The highest BCUT2D eigenvalue weighted by atomic mass is 16.3. The van der Waals surface area contributed by atoms with Gasteiger partial charge in [0.2, 0.25) is 0 Å². The number of hydrogen-bond donors (Lipinski definition) is 2. The second kappa shape index (κ2) is 7.08. The predicted octanol–water partition coefficient (Wildman–Crippen LogP) is 1.22. The number of aromatic nitrogens is 1. The van der Waals surface area contributed by atoms with Crippen LogP contribution in [0.2, 0.25) is 0 Å². The summed E-state index contributed by atoms with van der Waals surface area (Å²) in [5.74, 6) is -0.145. The van der Waals surface area contributed by atoms with E-state index < -0.39 is 0 Å². The van der Waals surface area contributed by atoms with Crippen LogP contribution < -0.4 is 10.6 Å². The summed E-state index contributed by atoms with van der Waals surface area (Å²) >= 11 is 0. The third kappa shape index (κ3) is 3.94. The molecular weight excluding hydrogens is 258 g/mol. The van der Waals surface area contributed by atoms with Crippen molar-refractivity contribution in [3.05, 3.63) is 54.2 Å². The maximum absolute atomic E-state index is 11.7. The molecule has 2 heterocycles. The molecular formula is C14H15N3O3. The van der Waals surface area contributed by atoms with Crippen molar-refractivity contribution in [3.63, 3.8) is 0 Å². The van der Waals surface area contributed by atoms with Crippen LogP contribution in [0.4, 0.5) is 0 Å². The minimum absolute atomic E-state index is 0.171. The molecule has 0 atom stereocenters. The Morgan fingerprint density at radius 1 is 1.10 bits per heavy atom. The van der Waals surface area contributed by atoms with Gasteiger partial charge in [-0.2, -0.15) is 0 Å². The molecule has 0 aromatic carbocycles. The van der Waals surface area contributed by atoms with E-state index in [4.69, 9.17) is 4.42 Å². The summed E-state index contributed by atoms with van der Waals surface area (Å²) in [5.41, 5.74) is 0.520. The van der Waals surface area contributed by atoms with Gasteiger partial charge >= 0.3 is 0 Å². The number of carbonyl (C=O) groups excluding carboxylic acids is 2. The van der Waals surface area contributed by atoms with Crippen molar-refractivity contribution >= 4 is 11.8 Å². The lowest BCUT2D eigenvalue weighted by Gasteiger charge is -2.05. The van der Waals surface area contributed by atoms with E-state index in [1.54, 1.807) is 30.5 Å². The highest BCUT2D eigenvalue weighted by molar-refractivity contribution is 5.93. The first-order chi connectivity index (χ1) is 9.77. The van der Waals surface area contributed by atoms with Crippen LogP contribution in [0, 0.1) is 0 Å². The van der Waals surface area contributed by atoms with Crippen LogP contribution in [0.25, 0.3) is 0 Å². The van der Waals surface area contributed by atoms with Crippen LogP contribution in [-0.2, 0) is 0 Å². The second-order valence-electron chi connectivity index (χ2n) is 4.08. The molecule has 0 fully saturated rings. The van der Waals surface area contributed by atoms with Crippen molar-refractivity contribution in [3.8, 4) is 0 Å². The number of carbonyl (C=O) groups is 2. The summed E-state index contributed by atoms with van der Waals surface area (Å²) in [4.78, 5) is 27.1. The molecule has 6 heteroatoms. The summed E-state index contributed by atoms with van der Waals surface area (Å²) in [6.45, 7) is 0.943. The monoisotopic (exact) mass is 273 g/mol. The third-order valence-electron chi connectivity index (χ3n) is 2.59. The van der Waals surface area contributed by atoms with E-state index in [2.05, 4.69) is 15.6 Å². The van der Waals surface area contributed by atoms with Crippen LogP contribution in [0.1, 0.15) is 27.3 Å². The number of amides is 2. The average Bonchev–Trinajstić information content (AvgIpc) is 3.01. The molecule has 0 spiro atoms. The smallest absolute Gasteiger partial charge is 0.286 e. The van der Waals surface area contributed by atoms with E-state index in [9.17, 15) is 9.59 Å². The van der Waals surface area contributed by atoms with Gasteiger partial charge in [-0.3, -0.25) is 14.6 Å². The molecule has 2 N–H and O–H groups in total. The van der Waals surface area contributed by atoms with Gasteiger partial charge in [-0.15, -0.1) is 0 Å². The van der Waals surface area contributed by atoms with Gasteiger partial charge in [-0.25, -0.2) is 0 Å². The van der Waals surface area contributed by atoms with Gasteiger partial charge in [0, 0.05) is 25.5 Å². The summed E-state index contributed by atoms with van der Waals surface area (Å²) in [6.07, 6.45) is 5.20. The quantitative estimate of drug-likeness (QED) is 0.775. The van der Waals surface area contributed by atoms with Crippen molar-refractivity contribution in [2.24, 2.45) is 0 Å². The second-order valence-corrected chi connectivity index (χ2v) is 4.08. The maximum Gasteiger partial charge on any atom is 0.286 e. The molecule has 0 aliphatic carbocycles. The molecule has 0 aliphatic heterocycles. The molecule has 2 amide bonds. The Labute approximate surface area is 116 Å². The molecule has 6 nitrogen and oxygen atoms in total. The van der Waals surface area contributed by atoms with Crippen LogP contribution in [0.5, 0.6) is 0 Å². The molecule has 0 radical (unpaired) electrons. The lowest BCUT2D eigenvalue weighted by atomic mass is 10.2. The van der Waals surface area contributed by atoms with E-state index in [1.807, 2.05) is 0 Å². The summed E-state index contributed by atoms with van der Waals surface area (Å²) < 4.78 is 4.96. The van der Waals surface area contributed by atoms with Gasteiger partial charge in [0.1, 0.15) is 0 Å². The van der Waals surface area contributed by atoms with Crippen LogP contribution in [0.3, 0.4) is 0 Å². The zero-order valence-electron chi connectivity index (χ0n) is 10.8. The highest BCUT2D eigenvalue weighted by Gasteiger charge is 2.07. The summed E-state index contributed by atoms with van der Waals surface area (Å²) in [7, 11) is 0. The Balaban J connectivity index is 1.62. The van der Waals surface area contributed by atoms with E-state index in [0.717, 1.165) is 0 Å². The first-order valence-electron chi connectivity index (χ1n) is 6.27. The minimum Gasteiger partial charge on any atom is -0.459 e. The van der Waals surface area contributed by atoms with Gasteiger partial charge in [-0.1, -0.05) is 0 Å². The van der Waals surface area contributed by atoms with Gasteiger partial charge < -0.3 is 15.1 Å². The normalized spacial score (nSPS) is 10.0. The molecule has 0 aliphatic rings. The van der Waals surface area contributed by atoms with Crippen molar-refractivity contribution in [1.82, 2.24) is 15.6 Å². The van der Waals surface area contributed by atoms with E-state index in [-0.39, 0.29) is 17.6 Å². The standard InChI is InChI=1S/C14H15N3O3/c18-13(11-4-1-6-15-10-11)16-7-3-8-17-14(19)12-5-2-9-20-12/h1-2,4-6,9-10H,3,7-8H2,(H,16,18)(H,17,19). The first kappa shape index (κ1) is 13.8. The Kier molecular flexibility index (Phi) is 4.88. The van der Waals surface area contributed by atoms with Gasteiger partial charge in [-0.05, 0) is 30.7 Å². The topological polar surface area (TPSA) is 84.2 Å². The number of nitrogens with one attached hydrogen (secondary N) is 2. The van der Waals surface area contributed by atoms with Crippen molar-refractivity contribution < 1.29 is 14.0 Å². The predicted molar refractivity (Wildman–Crippen MR) is 72.2 cm³/mol. The molecule has 2 rings (SSSR count). The third-order valence-corrected chi connectivity index (χ3v) is 2.59. The minimum atomic E-state index is -0.256. The molecule has 20 heavy (non-hydrogen) atoms. The molecule has 2 aromatic rings. The number of pyridine rings is 1. The Bertz CT molecular complexity index is 552. The summed E-state index contributed by atoms with van der Waals surface area (Å²) in [6, 6.07) is 6.65. The lowest BCUT2D eigenvalue weighted by molar-refractivity contribution is 0.0925. The van der Waals surface area contributed by atoms with E-state index in [1.165, 1.54) is 12.5 Å². The lowest BCUT2D eigenvalue weighted by Crippen LogP contribution is -2.29.